The van der Waals surface area contributed by atoms with E-state index in [0.717, 1.165) is 22.6 Å². The van der Waals surface area contributed by atoms with Gasteiger partial charge in [0.2, 0.25) is 0 Å². The maximum absolute atomic E-state index is 6.05. The predicted molar refractivity (Wildman–Crippen MR) is 74.3 cm³/mol. The van der Waals surface area contributed by atoms with Crippen LogP contribution in [-0.2, 0) is 6.54 Å². The van der Waals surface area contributed by atoms with Gasteiger partial charge in [-0.05, 0) is 36.2 Å². The lowest BCUT2D eigenvalue weighted by molar-refractivity contribution is 0.414. The van der Waals surface area contributed by atoms with Gasteiger partial charge in [0, 0.05) is 12.7 Å². The minimum atomic E-state index is 0.503. The van der Waals surface area contributed by atoms with Crippen molar-refractivity contribution in [3.63, 3.8) is 0 Å². The van der Waals surface area contributed by atoms with Crippen molar-refractivity contribution >= 4 is 17.3 Å². The summed E-state index contributed by atoms with van der Waals surface area (Å²) in [6.45, 7) is 2.71. The number of aromatic nitrogens is 1. The van der Waals surface area contributed by atoms with Gasteiger partial charge in [-0.1, -0.05) is 23.7 Å². The van der Waals surface area contributed by atoms with Gasteiger partial charge in [0.15, 0.2) is 5.15 Å². The Bertz CT molecular complexity index is 506. The number of nitrogens with zero attached hydrogens (tertiary/aromatic N) is 1. The Hall–Kier alpha value is -1.74. The number of hydrogen-bond donors (Lipinski definition) is 1. The lowest BCUT2D eigenvalue weighted by Gasteiger charge is -2.11. The summed E-state index contributed by atoms with van der Waals surface area (Å²) in [7, 11) is 1.66. The summed E-state index contributed by atoms with van der Waals surface area (Å²) in [5, 5.41) is 3.80. The van der Waals surface area contributed by atoms with Gasteiger partial charge in [0.1, 0.15) is 5.75 Å². The van der Waals surface area contributed by atoms with Crippen molar-refractivity contribution in [3.05, 3.63) is 52.8 Å². The van der Waals surface area contributed by atoms with Gasteiger partial charge in [-0.2, -0.15) is 0 Å². The lowest BCUT2D eigenvalue weighted by Crippen LogP contribution is -2.02. The molecule has 0 aliphatic carbocycles. The van der Waals surface area contributed by atoms with Gasteiger partial charge in [0.25, 0.3) is 0 Å². The van der Waals surface area contributed by atoms with Crippen LogP contribution in [0.25, 0.3) is 0 Å². The van der Waals surface area contributed by atoms with Crippen LogP contribution in [0.3, 0.4) is 0 Å². The molecule has 3 nitrogen and oxygen atoms in total. The van der Waals surface area contributed by atoms with Crippen molar-refractivity contribution in [1.82, 2.24) is 4.98 Å². The molecule has 1 aromatic carbocycles. The molecule has 0 saturated heterocycles. The minimum Gasteiger partial charge on any atom is -0.497 e. The third kappa shape index (κ3) is 2.93. The first kappa shape index (κ1) is 12.7. The Morgan fingerprint density at radius 3 is 2.56 bits per heavy atom. The fourth-order valence-electron chi connectivity index (χ4n) is 1.67. The van der Waals surface area contributed by atoms with Gasteiger partial charge in [-0.3, -0.25) is 0 Å². The van der Waals surface area contributed by atoms with E-state index in [1.807, 2.05) is 37.3 Å². The molecule has 0 aliphatic heterocycles. The molecule has 1 heterocycles. The van der Waals surface area contributed by atoms with Crippen molar-refractivity contribution < 1.29 is 4.74 Å². The molecule has 2 rings (SSSR count). The van der Waals surface area contributed by atoms with E-state index >= 15 is 0 Å². The quantitative estimate of drug-likeness (QED) is 0.854. The van der Waals surface area contributed by atoms with Gasteiger partial charge in [-0.25, -0.2) is 4.98 Å². The Morgan fingerprint density at radius 1 is 1.22 bits per heavy atom. The van der Waals surface area contributed by atoms with Gasteiger partial charge >= 0.3 is 0 Å². The summed E-state index contributed by atoms with van der Waals surface area (Å²) in [6.07, 6.45) is 1.70. The van der Waals surface area contributed by atoms with Crippen LogP contribution in [-0.4, -0.2) is 12.1 Å². The molecule has 18 heavy (non-hydrogen) atoms. The Balaban J connectivity index is 2.06. The highest BCUT2D eigenvalue weighted by Crippen LogP contribution is 2.23. The van der Waals surface area contributed by atoms with E-state index in [1.165, 1.54) is 0 Å². The maximum Gasteiger partial charge on any atom is 0.152 e. The van der Waals surface area contributed by atoms with E-state index in [4.69, 9.17) is 16.3 Å². The SMILES string of the molecule is COc1ccc(CNc2c(C)ccnc2Cl)cc1. The molecule has 1 aromatic heterocycles. The molecule has 0 atom stereocenters. The van der Waals surface area contributed by atoms with E-state index in [9.17, 15) is 0 Å². The van der Waals surface area contributed by atoms with E-state index < -0.39 is 0 Å². The zero-order valence-corrected chi connectivity index (χ0v) is 11.2. The maximum atomic E-state index is 6.05. The first-order valence-electron chi connectivity index (χ1n) is 5.68. The van der Waals surface area contributed by atoms with Gasteiger partial charge < -0.3 is 10.1 Å². The monoisotopic (exact) mass is 262 g/mol. The second-order valence-electron chi connectivity index (χ2n) is 4.00. The van der Waals surface area contributed by atoms with Crippen molar-refractivity contribution in [3.8, 4) is 5.75 Å². The highest BCUT2D eigenvalue weighted by atomic mass is 35.5. The molecule has 94 valence electrons. The number of ether oxygens (including phenoxy) is 1. The molecule has 0 saturated carbocycles. The number of nitrogens with one attached hydrogen (secondary N) is 1. The molecular weight excluding hydrogens is 248 g/mol. The molecule has 0 radical (unpaired) electrons. The number of pyridine rings is 1. The number of anilines is 1. The summed E-state index contributed by atoms with van der Waals surface area (Å²) in [5.41, 5.74) is 3.13. The third-order valence-electron chi connectivity index (χ3n) is 2.74. The molecule has 0 aliphatic rings. The van der Waals surface area contributed by atoms with E-state index in [2.05, 4.69) is 10.3 Å². The fourth-order valence-corrected chi connectivity index (χ4v) is 1.94. The van der Waals surface area contributed by atoms with Crippen molar-refractivity contribution in [2.75, 3.05) is 12.4 Å². The molecule has 0 unspecified atom stereocenters. The normalized spacial score (nSPS) is 10.2. The average Bonchev–Trinajstić information content (AvgIpc) is 2.39. The van der Waals surface area contributed by atoms with Crippen molar-refractivity contribution in [2.45, 2.75) is 13.5 Å². The molecule has 1 N–H and O–H groups in total. The number of benzene rings is 1. The van der Waals surface area contributed by atoms with E-state index in [1.54, 1.807) is 13.3 Å². The van der Waals surface area contributed by atoms with Crippen LogP contribution in [0.2, 0.25) is 5.15 Å². The molecule has 0 fully saturated rings. The Labute approximate surface area is 112 Å². The van der Waals surface area contributed by atoms with Crippen LogP contribution < -0.4 is 10.1 Å². The predicted octanol–water partition coefficient (Wildman–Crippen LogP) is 3.66. The largest absolute Gasteiger partial charge is 0.497 e. The van der Waals surface area contributed by atoms with Crippen LogP contribution in [0.15, 0.2) is 36.5 Å². The number of hydrogen-bond acceptors (Lipinski definition) is 3. The zero-order chi connectivity index (χ0) is 13.0. The average molecular weight is 263 g/mol. The second kappa shape index (κ2) is 5.74. The topological polar surface area (TPSA) is 34.1 Å². The number of methoxy groups -OCH3 is 1. The standard InChI is InChI=1S/C14H15ClN2O/c1-10-7-8-16-14(15)13(10)17-9-11-3-5-12(18-2)6-4-11/h3-8,17H,9H2,1-2H3. The molecule has 0 spiro atoms. The number of rotatable bonds is 4. The first-order chi connectivity index (χ1) is 8.70. The highest BCUT2D eigenvalue weighted by molar-refractivity contribution is 6.32. The van der Waals surface area contributed by atoms with E-state index in [-0.39, 0.29) is 0 Å². The fraction of sp³-hybridized carbons (Fsp3) is 0.214. The summed E-state index contributed by atoms with van der Waals surface area (Å²) in [6, 6.07) is 9.85. The summed E-state index contributed by atoms with van der Waals surface area (Å²) >= 11 is 6.05. The lowest BCUT2D eigenvalue weighted by atomic mass is 10.2. The first-order valence-corrected chi connectivity index (χ1v) is 6.06. The summed E-state index contributed by atoms with van der Waals surface area (Å²) in [5.74, 6) is 0.856. The minimum absolute atomic E-state index is 0.503. The van der Waals surface area contributed by atoms with Crippen LogP contribution in [0.5, 0.6) is 5.75 Å². The second-order valence-corrected chi connectivity index (χ2v) is 4.35. The van der Waals surface area contributed by atoms with Gasteiger partial charge in [0.05, 0.1) is 12.8 Å². The molecular formula is C14H15ClN2O. The molecule has 2 aromatic rings. The van der Waals surface area contributed by atoms with Crippen LogP contribution in [0, 0.1) is 6.92 Å². The summed E-state index contributed by atoms with van der Waals surface area (Å²) in [4.78, 5) is 4.06. The Kier molecular flexibility index (Phi) is 4.05. The zero-order valence-electron chi connectivity index (χ0n) is 10.4. The van der Waals surface area contributed by atoms with Crippen molar-refractivity contribution in [2.24, 2.45) is 0 Å². The number of aryl methyl sites for hydroxylation is 1. The molecule has 0 amide bonds. The number of halogens is 1. The Morgan fingerprint density at radius 2 is 1.94 bits per heavy atom. The highest BCUT2D eigenvalue weighted by Gasteiger charge is 2.04. The van der Waals surface area contributed by atoms with Gasteiger partial charge in [-0.15, -0.1) is 0 Å². The smallest absolute Gasteiger partial charge is 0.152 e. The molecule has 0 bridgehead atoms. The molecule has 4 heteroatoms. The summed E-state index contributed by atoms with van der Waals surface area (Å²) < 4.78 is 5.12. The van der Waals surface area contributed by atoms with Crippen molar-refractivity contribution in [1.29, 1.82) is 0 Å². The van der Waals surface area contributed by atoms with Crippen LogP contribution >= 0.6 is 11.6 Å². The van der Waals surface area contributed by atoms with E-state index in [0.29, 0.717) is 11.7 Å². The van der Waals surface area contributed by atoms with Crippen LogP contribution in [0.4, 0.5) is 5.69 Å². The van der Waals surface area contributed by atoms with Crippen LogP contribution in [0.1, 0.15) is 11.1 Å². The third-order valence-corrected chi connectivity index (χ3v) is 3.03.